The summed E-state index contributed by atoms with van der Waals surface area (Å²) in [4.78, 5) is 0. The third-order valence-corrected chi connectivity index (χ3v) is 22.1. The summed E-state index contributed by atoms with van der Waals surface area (Å²) in [6.45, 7) is 24.1. The Balaban J connectivity index is 1.07. The fraction of sp³-hybridized carbons (Fsp3) is 1.00. The van der Waals surface area contributed by atoms with E-state index in [-0.39, 0.29) is 0 Å². The molecule has 10 fully saturated rings. The van der Waals surface area contributed by atoms with E-state index in [0.717, 1.165) is 142 Å². The highest BCUT2D eigenvalue weighted by atomic mass is 14.8. The number of fused-ring (bicyclic) bond motifs is 6. The number of rotatable bonds is 3. The first-order chi connectivity index (χ1) is 23.9. The van der Waals surface area contributed by atoms with Gasteiger partial charge in [0, 0.05) is 0 Å². The van der Waals surface area contributed by atoms with Crippen LogP contribution in [0.2, 0.25) is 0 Å². The normalized spacial score (nSPS) is 62.2. The van der Waals surface area contributed by atoms with Gasteiger partial charge in [0.25, 0.3) is 0 Å². The van der Waals surface area contributed by atoms with Gasteiger partial charge in [0.1, 0.15) is 0 Å². The largest absolute Gasteiger partial charge is 0.0625 e. The van der Waals surface area contributed by atoms with Gasteiger partial charge in [-0.3, -0.25) is 0 Å². The van der Waals surface area contributed by atoms with Crippen molar-refractivity contribution in [1.29, 1.82) is 0 Å². The standard InChI is InChI=1S/C50H82/c1-26-13-18-38-39(20-26)37-11-10-12-43-45(37)44(38)42-25-36(49(7,8)9)23-35-22-34-19-27(2)21-40-41-24-33(17-16-32-15-14-28(3)29(4)30(32)5)31(6)46(41)50(43,47(34)40)48(35)42/h26-48H,10-25H2,1-9H3. The minimum absolute atomic E-state index is 0.481. The second-order valence-corrected chi connectivity index (χ2v) is 24.5. The first kappa shape index (κ1) is 34.5. The third-order valence-electron chi connectivity index (χ3n) is 22.1. The predicted octanol–water partition coefficient (Wildman–Crippen LogP) is 13.7. The fourth-order valence-corrected chi connectivity index (χ4v) is 20.6. The van der Waals surface area contributed by atoms with Crippen molar-refractivity contribution in [3.63, 3.8) is 0 Å². The lowest BCUT2D eigenvalue weighted by atomic mass is 9.32. The fourth-order valence-electron chi connectivity index (χ4n) is 20.6. The van der Waals surface area contributed by atoms with Crippen LogP contribution in [0.15, 0.2) is 0 Å². The van der Waals surface area contributed by atoms with Crippen molar-refractivity contribution in [2.24, 2.45) is 147 Å². The molecule has 1 spiro atoms. The molecule has 0 aliphatic heterocycles. The molecule has 0 bridgehead atoms. The minimum atomic E-state index is 0.481. The zero-order valence-electron chi connectivity index (χ0n) is 34.6. The molecule has 0 aromatic heterocycles. The van der Waals surface area contributed by atoms with Crippen molar-refractivity contribution < 1.29 is 0 Å². The summed E-state index contributed by atoms with van der Waals surface area (Å²) in [6, 6.07) is 0. The van der Waals surface area contributed by atoms with Gasteiger partial charge in [-0.25, -0.2) is 0 Å². The van der Waals surface area contributed by atoms with Crippen molar-refractivity contribution in [3.05, 3.63) is 0 Å². The molecule has 0 amide bonds. The molecule has 10 saturated carbocycles. The highest BCUT2D eigenvalue weighted by molar-refractivity contribution is 5.27. The first-order valence-corrected chi connectivity index (χ1v) is 23.9. The second-order valence-electron chi connectivity index (χ2n) is 24.5. The van der Waals surface area contributed by atoms with Crippen molar-refractivity contribution in [1.82, 2.24) is 0 Å². The van der Waals surface area contributed by atoms with Crippen molar-refractivity contribution in [3.8, 4) is 0 Å². The molecule has 50 heavy (non-hydrogen) atoms. The Morgan fingerprint density at radius 1 is 0.480 bits per heavy atom. The van der Waals surface area contributed by atoms with Gasteiger partial charge in [-0.15, -0.1) is 0 Å². The van der Waals surface area contributed by atoms with E-state index >= 15 is 0 Å². The Labute approximate surface area is 311 Å². The number of hydrogen-bond donors (Lipinski definition) is 0. The second kappa shape index (κ2) is 12.0. The van der Waals surface area contributed by atoms with Gasteiger partial charge < -0.3 is 0 Å². The van der Waals surface area contributed by atoms with Crippen LogP contribution in [0.5, 0.6) is 0 Å². The van der Waals surface area contributed by atoms with Gasteiger partial charge in [-0.05, 0) is 230 Å². The molecule has 24 atom stereocenters. The molecule has 10 rings (SSSR count). The van der Waals surface area contributed by atoms with E-state index in [0.29, 0.717) is 5.41 Å². The molecule has 0 heterocycles. The van der Waals surface area contributed by atoms with Crippen LogP contribution >= 0.6 is 0 Å². The van der Waals surface area contributed by atoms with Crippen LogP contribution in [0.3, 0.4) is 0 Å². The van der Waals surface area contributed by atoms with E-state index in [4.69, 9.17) is 0 Å². The average molecular weight is 683 g/mol. The highest BCUT2D eigenvalue weighted by Gasteiger charge is 2.79. The lowest BCUT2D eigenvalue weighted by molar-refractivity contribution is -0.247. The Hall–Kier alpha value is 0. The summed E-state index contributed by atoms with van der Waals surface area (Å²) in [7, 11) is 0. The van der Waals surface area contributed by atoms with Crippen LogP contribution in [-0.4, -0.2) is 0 Å². The van der Waals surface area contributed by atoms with Gasteiger partial charge in [-0.2, -0.15) is 0 Å². The first-order valence-electron chi connectivity index (χ1n) is 23.9. The van der Waals surface area contributed by atoms with Gasteiger partial charge in [0.05, 0.1) is 0 Å². The monoisotopic (exact) mass is 683 g/mol. The van der Waals surface area contributed by atoms with Crippen LogP contribution in [-0.2, 0) is 0 Å². The number of hydrogen-bond acceptors (Lipinski definition) is 0. The molecule has 10 aliphatic carbocycles. The van der Waals surface area contributed by atoms with E-state index in [2.05, 4.69) is 62.3 Å². The smallest absolute Gasteiger partial charge is 0.0165 e. The Morgan fingerprint density at radius 2 is 1.18 bits per heavy atom. The summed E-state index contributed by atoms with van der Waals surface area (Å²) in [5, 5.41) is 0. The lowest BCUT2D eigenvalue weighted by Crippen LogP contribution is -2.67. The zero-order chi connectivity index (χ0) is 34.6. The van der Waals surface area contributed by atoms with E-state index in [1.807, 2.05) is 0 Å². The van der Waals surface area contributed by atoms with Crippen molar-refractivity contribution in [2.45, 2.75) is 165 Å². The van der Waals surface area contributed by atoms with E-state index in [1.54, 1.807) is 89.9 Å². The predicted molar refractivity (Wildman–Crippen MR) is 210 cm³/mol. The van der Waals surface area contributed by atoms with Crippen LogP contribution in [0.25, 0.3) is 0 Å². The van der Waals surface area contributed by atoms with Crippen LogP contribution < -0.4 is 0 Å². The van der Waals surface area contributed by atoms with Gasteiger partial charge >= 0.3 is 0 Å². The summed E-state index contributed by atoms with van der Waals surface area (Å²) in [5.41, 5.74) is 1.21. The topological polar surface area (TPSA) is 0 Å². The Morgan fingerprint density at radius 3 is 1.98 bits per heavy atom. The van der Waals surface area contributed by atoms with Crippen LogP contribution in [0, 0.1) is 147 Å². The molecule has 0 radical (unpaired) electrons. The molecule has 10 aliphatic rings. The average Bonchev–Trinajstić information content (AvgIpc) is 3.68. The molecule has 0 heteroatoms. The quantitative estimate of drug-likeness (QED) is 0.278. The summed E-state index contributed by atoms with van der Waals surface area (Å²) in [6.07, 6.45) is 25.6. The Bertz CT molecular complexity index is 1270. The molecule has 282 valence electrons. The van der Waals surface area contributed by atoms with E-state index < -0.39 is 0 Å². The van der Waals surface area contributed by atoms with Gasteiger partial charge in [-0.1, -0.05) is 81.6 Å². The lowest BCUT2D eigenvalue weighted by Gasteiger charge is -2.72. The summed E-state index contributed by atoms with van der Waals surface area (Å²) >= 11 is 0. The third kappa shape index (κ3) is 4.65. The molecule has 0 nitrogen and oxygen atoms in total. The summed E-state index contributed by atoms with van der Waals surface area (Å²) in [5.74, 6) is 24.2. The zero-order valence-corrected chi connectivity index (χ0v) is 34.6. The SMILES string of the molecule is CC1CCC2C(C1)C1CCCC3C1C2C1CC(C(C)(C)C)CC2CC4CC(C)CC5C6CC(CCC7CCC(C)C(C)C7C)C(C)C6C3(C45)C21. The molecule has 24 unspecified atom stereocenters. The molecular weight excluding hydrogens is 601 g/mol. The molecule has 0 N–H and O–H groups in total. The maximum atomic E-state index is 2.93. The van der Waals surface area contributed by atoms with Crippen molar-refractivity contribution in [2.75, 3.05) is 0 Å². The molecular formula is C50H82. The Kier molecular flexibility index (Phi) is 8.28. The highest BCUT2D eigenvalue weighted by Crippen LogP contribution is 2.85. The molecule has 0 aromatic carbocycles. The van der Waals surface area contributed by atoms with E-state index in [1.165, 1.54) is 12.8 Å². The van der Waals surface area contributed by atoms with Gasteiger partial charge in [0.15, 0.2) is 0 Å². The van der Waals surface area contributed by atoms with E-state index in [9.17, 15) is 0 Å². The molecule has 0 saturated heterocycles. The van der Waals surface area contributed by atoms with Crippen LogP contribution in [0.1, 0.15) is 165 Å². The minimum Gasteiger partial charge on any atom is -0.0625 e. The summed E-state index contributed by atoms with van der Waals surface area (Å²) < 4.78 is 0. The molecule has 0 aromatic rings. The maximum Gasteiger partial charge on any atom is -0.0165 e. The van der Waals surface area contributed by atoms with Gasteiger partial charge in [0.2, 0.25) is 0 Å². The van der Waals surface area contributed by atoms with Crippen molar-refractivity contribution >= 4 is 0 Å². The maximum absolute atomic E-state index is 2.93. The van der Waals surface area contributed by atoms with Crippen LogP contribution in [0.4, 0.5) is 0 Å².